The highest BCUT2D eigenvalue weighted by Crippen LogP contribution is 2.28. The Balaban J connectivity index is 1.46. The number of rotatable bonds is 6. The summed E-state index contributed by atoms with van der Waals surface area (Å²) >= 11 is 6.23. The van der Waals surface area contributed by atoms with Gasteiger partial charge >= 0.3 is 0 Å². The van der Waals surface area contributed by atoms with E-state index in [2.05, 4.69) is 63.4 Å². The Bertz CT molecular complexity index is 933. The minimum Gasteiger partial charge on any atom is -0.369 e. The smallest absolute Gasteiger partial charge is 0.168 e. The first-order chi connectivity index (χ1) is 14.2. The zero-order valence-electron chi connectivity index (χ0n) is 17.0. The summed E-state index contributed by atoms with van der Waals surface area (Å²) in [4.78, 5) is 4.93. The minimum absolute atomic E-state index is 0.219. The summed E-state index contributed by atoms with van der Waals surface area (Å²) in [5, 5.41) is 13.4. The summed E-state index contributed by atoms with van der Waals surface area (Å²) < 4.78 is 1.94. The van der Waals surface area contributed by atoms with E-state index in [0.29, 0.717) is 6.54 Å². The highest BCUT2D eigenvalue weighted by molar-refractivity contribution is 6.30. The zero-order valence-corrected chi connectivity index (χ0v) is 17.8. The number of hydrogen-bond acceptors (Lipinski definition) is 5. The summed E-state index contributed by atoms with van der Waals surface area (Å²) in [6.07, 6.45) is 0.978. The lowest BCUT2D eigenvalue weighted by Gasteiger charge is -2.40. The van der Waals surface area contributed by atoms with E-state index in [1.807, 2.05) is 28.9 Å². The van der Waals surface area contributed by atoms with Gasteiger partial charge in [-0.2, -0.15) is 0 Å². The lowest BCUT2D eigenvalue weighted by molar-refractivity contribution is 0.169. The first-order valence-electron chi connectivity index (χ1n) is 10.2. The monoisotopic (exact) mass is 410 g/mol. The summed E-state index contributed by atoms with van der Waals surface area (Å²) in [6, 6.07) is 16.7. The molecule has 1 aromatic heterocycles. The van der Waals surface area contributed by atoms with Crippen LogP contribution in [0.15, 0.2) is 48.5 Å². The molecule has 0 spiro atoms. The summed E-state index contributed by atoms with van der Waals surface area (Å²) in [7, 11) is 0. The predicted octanol–water partition coefficient (Wildman–Crippen LogP) is 3.96. The number of nitrogens with zero attached hydrogens (tertiary/aromatic N) is 6. The third-order valence-electron chi connectivity index (χ3n) is 5.69. The minimum atomic E-state index is 0.219. The highest BCUT2D eigenvalue weighted by Gasteiger charge is 2.28. The van der Waals surface area contributed by atoms with Gasteiger partial charge in [0.1, 0.15) is 0 Å². The van der Waals surface area contributed by atoms with E-state index >= 15 is 0 Å². The lowest BCUT2D eigenvalue weighted by Crippen LogP contribution is -2.48. The van der Waals surface area contributed by atoms with Crippen LogP contribution < -0.4 is 4.90 Å². The maximum absolute atomic E-state index is 6.23. The van der Waals surface area contributed by atoms with Crippen molar-refractivity contribution in [3.05, 3.63) is 70.5 Å². The van der Waals surface area contributed by atoms with Crippen molar-refractivity contribution in [1.82, 2.24) is 25.1 Å². The van der Waals surface area contributed by atoms with Gasteiger partial charge in [-0.15, -0.1) is 5.10 Å². The van der Waals surface area contributed by atoms with E-state index < -0.39 is 0 Å². The van der Waals surface area contributed by atoms with E-state index in [0.717, 1.165) is 43.4 Å². The van der Waals surface area contributed by atoms with Crippen molar-refractivity contribution in [2.45, 2.75) is 32.9 Å². The van der Waals surface area contributed by atoms with E-state index in [4.69, 9.17) is 11.6 Å². The maximum Gasteiger partial charge on any atom is 0.168 e. The Morgan fingerprint density at radius 2 is 1.79 bits per heavy atom. The van der Waals surface area contributed by atoms with Crippen LogP contribution in [-0.4, -0.2) is 51.3 Å². The van der Waals surface area contributed by atoms with Crippen molar-refractivity contribution in [3.8, 4) is 0 Å². The average molecular weight is 411 g/mol. The van der Waals surface area contributed by atoms with Crippen LogP contribution in [0.3, 0.4) is 0 Å². The van der Waals surface area contributed by atoms with Gasteiger partial charge in [0.25, 0.3) is 0 Å². The van der Waals surface area contributed by atoms with Crippen LogP contribution in [0, 0.1) is 6.92 Å². The third-order valence-corrected chi connectivity index (χ3v) is 5.92. The van der Waals surface area contributed by atoms with Gasteiger partial charge in [0, 0.05) is 36.9 Å². The molecule has 1 aliphatic rings. The van der Waals surface area contributed by atoms with Gasteiger partial charge in [-0.3, -0.25) is 4.90 Å². The molecular weight excluding hydrogens is 384 g/mol. The summed E-state index contributed by atoms with van der Waals surface area (Å²) in [5.74, 6) is 0.948. The normalized spacial score (nSPS) is 16.2. The molecule has 0 N–H and O–H groups in total. The molecule has 4 rings (SSSR count). The van der Waals surface area contributed by atoms with Gasteiger partial charge in [0.15, 0.2) is 5.82 Å². The van der Waals surface area contributed by atoms with Gasteiger partial charge in [-0.05, 0) is 47.0 Å². The van der Waals surface area contributed by atoms with Crippen LogP contribution >= 0.6 is 11.6 Å². The first kappa shape index (κ1) is 19.9. The quantitative estimate of drug-likeness (QED) is 0.615. The fourth-order valence-corrected chi connectivity index (χ4v) is 4.29. The van der Waals surface area contributed by atoms with Gasteiger partial charge in [0.05, 0.1) is 12.6 Å². The molecule has 2 aromatic carbocycles. The van der Waals surface area contributed by atoms with Gasteiger partial charge in [0.2, 0.25) is 0 Å². The van der Waals surface area contributed by atoms with E-state index in [1.165, 1.54) is 16.8 Å². The van der Waals surface area contributed by atoms with Crippen molar-refractivity contribution < 1.29 is 0 Å². The number of anilines is 1. The molecule has 6 nitrogen and oxygen atoms in total. The van der Waals surface area contributed by atoms with Crippen LogP contribution in [0.1, 0.15) is 36.3 Å². The lowest BCUT2D eigenvalue weighted by atomic mass is 10.1. The molecule has 0 radical (unpaired) electrons. The van der Waals surface area contributed by atoms with Crippen LogP contribution in [0.25, 0.3) is 0 Å². The molecule has 0 amide bonds. The van der Waals surface area contributed by atoms with Gasteiger partial charge < -0.3 is 4.90 Å². The molecule has 0 bridgehead atoms. The van der Waals surface area contributed by atoms with Crippen LogP contribution in [0.5, 0.6) is 0 Å². The Hall–Kier alpha value is -2.44. The van der Waals surface area contributed by atoms with Crippen LogP contribution in [0.4, 0.5) is 5.69 Å². The van der Waals surface area contributed by atoms with Crippen LogP contribution in [-0.2, 0) is 6.54 Å². The Morgan fingerprint density at radius 1 is 1.03 bits per heavy atom. The van der Waals surface area contributed by atoms with E-state index in [1.54, 1.807) is 0 Å². The second-order valence-corrected chi connectivity index (χ2v) is 7.99. The Kier molecular flexibility index (Phi) is 6.11. The zero-order chi connectivity index (χ0) is 20.2. The maximum atomic E-state index is 6.23. The predicted molar refractivity (Wildman–Crippen MR) is 116 cm³/mol. The Labute approximate surface area is 177 Å². The van der Waals surface area contributed by atoms with Crippen molar-refractivity contribution in [3.63, 3.8) is 0 Å². The number of piperazine rings is 1. The average Bonchev–Trinajstić information content (AvgIpc) is 3.19. The van der Waals surface area contributed by atoms with Gasteiger partial charge in [-0.1, -0.05) is 54.9 Å². The first-order valence-corrected chi connectivity index (χ1v) is 10.6. The highest BCUT2D eigenvalue weighted by atomic mass is 35.5. The Morgan fingerprint density at radius 3 is 2.52 bits per heavy atom. The van der Waals surface area contributed by atoms with Crippen molar-refractivity contribution >= 4 is 17.3 Å². The molecule has 0 saturated carbocycles. The number of tetrazole rings is 1. The topological polar surface area (TPSA) is 50.1 Å². The second-order valence-electron chi connectivity index (χ2n) is 7.56. The standard InChI is InChI=1S/C22H27ClN6/c1-3-20(22-24-25-26-29(22)16-18-7-5-4-6-8-18)27-11-13-28(14-12-27)21-15-19(23)10-9-17(21)2/h4-10,15,20H,3,11-14,16H2,1-2H3/t20-/m1/s1. The molecule has 2 heterocycles. The fourth-order valence-electron chi connectivity index (χ4n) is 4.12. The number of hydrogen-bond donors (Lipinski definition) is 0. The van der Waals surface area contributed by atoms with E-state index in [9.17, 15) is 0 Å². The fraction of sp³-hybridized carbons (Fsp3) is 0.409. The molecule has 1 fully saturated rings. The molecule has 152 valence electrons. The molecule has 1 saturated heterocycles. The molecular formula is C22H27ClN6. The molecule has 29 heavy (non-hydrogen) atoms. The molecule has 0 aliphatic carbocycles. The summed E-state index contributed by atoms with van der Waals surface area (Å²) in [6.45, 7) is 8.94. The molecule has 3 aromatic rings. The molecule has 1 aliphatic heterocycles. The number of aromatic nitrogens is 4. The third kappa shape index (κ3) is 4.43. The molecule has 1 atom stereocenters. The number of aryl methyl sites for hydroxylation is 1. The van der Waals surface area contributed by atoms with E-state index in [-0.39, 0.29) is 6.04 Å². The van der Waals surface area contributed by atoms with Gasteiger partial charge in [-0.25, -0.2) is 4.68 Å². The second kappa shape index (κ2) is 8.93. The molecule has 7 heteroatoms. The van der Waals surface area contributed by atoms with Crippen LogP contribution in [0.2, 0.25) is 5.02 Å². The molecule has 0 unspecified atom stereocenters. The largest absolute Gasteiger partial charge is 0.369 e. The number of halogens is 1. The summed E-state index contributed by atoms with van der Waals surface area (Å²) in [5.41, 5.74) is 3.71. The van der Waals surface area contributed by atoms with Crippen molar-refractivity contribution in [2.24, 2.45) is 0 Å². The SMILES string of the molecule is CC[C@H](c1nnnn1Cc1ccccc1)N1CCN(c2cc(Cl)ccc2C)CC1. The number of benzene rings is 2. The van der Waals surface area contributed by atoms with Crippen molar-refractivity contribution in [1.29, 1.82) is 0 Å². The van der Waals surface area contributed by atoms with Crippen molar-refractivity contribution in [2.75, 3.05) is 31.1 Å².